The average Bonchev–Trinajstić information content (AvgIpc) is 2.98. The first-order valence-electron chi connectivity index (χ1n) is 7.76. The van der Waals surface area contributed by atoms with Gasteiger partial charge in [-0.25, -0.2) is 0 Å². The highest BCUT2D eigenvalue weighted by atomic mass is 35.5. The molecule has 24 heavy (non-hydrogen) atoms. The van der Waals surface area contributed by atoms with E-state index >= 15 is 0 Å². The fourth-order valence-electron chi connectivity index (χ4n) is 2.97. The Hall–Kier alpha value is -2.05. The molecule has 1 aliphatic rings. The molecule has 0 saturated carbocycles. The lowest BCUT2D eigenvalue weighted by Crippen LogP contribution is -2.47. The number of piperazine rings is 1. The highest BCUT2D eigenvalue weighted by Crippen LogP contribution is 2.33. The molecule has 0 amide bonds. The summed E-state index contributed by atoms with van der Waals surface area (Å²) < 4.78 is 1.77. The third-order valence-corrected chi connectivity index (χ3v) is 5.09. The van der Waals surface area contributed by atoms with Crippen LogP contribution in [0, 0.1) is 6.92 Å². The maximum absolute atomic E-state index is 6.33. The molecule has 3 aromatic rings. The van der Waals surface area contributed by atoms with E-state index in [0.717, 1.165) is 49.2 Å². The smallest absolute Gasteiger partial charge is 0.178 e. The monoisotopic (exact) mass is 362 g/mol. The quantitative estimate of drug-likeness (QED) is 0.701. The molecule has 8 heteroatoms. The molecule has 0 unspecified atom stereocenters. The number of anilines is 2. The van der Waals surface area contributed by atoms with Crippen molar-refractivity contribution >= 4 is 40.4 Å². The van der Waals surface area contributed by atoms with Crippen LogP contribution in [0.25, 0.3) is 5.65 Å². The number of rotatable bonds is 2. The number of benzene rings is 1. The number of aryl methyl sites for hydroxylation is 1. The first-order chi connectivity index (χ1) is 11.6. The lowest BCUT2D eigenvalue weighted by Gasteiger charge is -2.37. The van der Waals surface area contributed by atoms with Gasteiger partial charge in [-0.3, -0.25) is 0 Å². The topological polar surface area (TPSA) is 49.6 Å². The van der Waals surface area contributed by atoms with Crippen LogP contribution in [-0.2, 0) is 0 Å². The summed E-state index contributed by atoms with van der Waals surface area (Å²) in [6.07, 6.45) is 0. The van der Waals surface area contributed by atoms with E-state index < -0.39 is 0 Å². The third-order valence-electron chi connectivity index (χ3n) is 4.28. The van der Waals surface area contributed by atoms with Gasteiger partial charge in [-0.1, -0.05) is 29.3 Å². The first kappa shape index (κ1) is 15.5. The standard InChI is InChI=1S/C16H16Cl2N6/c1-11-19-20-14-5-6-15(21-24(11)14)23-9-7-22(8-10-23)13-4-2-3-12(17)16(13)18/h2-6H,7-10H2,1H3. The van der Waals surface area contributed by atoms with Crippen LogP contribution in [0.3, 0.4) is 0 Å². The van der Waals surface area contributed by atoms with E-state index in [1.807, 2.05) is 37.3 Å². The Kier molecular flexibility index (Phi) is 3.94. The second kappa shape index (κ2) is 6.11. The number of hydrogen-bond acceptors (Lipinski definition) is 5. The Bertz CT molecular complexity index is 885. The minimum atomic E-state index is 0.590. The molecule has 124 valence electrons. The van der Waals surface area contributed by atoms with Crippen LogP contribution in [0.2, 0.25) is 10.0 Å². The summed E-state index contributed by atoms with van der Waals surface area (Å²) in [6, 6.07) is 9.69. The van der Waals surface area contributed by atoms with Crippen LogP contribution < -0.4 is 9.80 Å². The zero-order valence-corrected chi connectivity index (χ0v) is 14.7. The van der Waals surface area contributed by atoms with Gasteiger partial charge in [0, 0.05) is 26.2 Å². The van der Waals surface area contributed by atoms with Crippen molar-refractivity contribution in [2.24, 2.45) is 0 Å². The maximum Gasteiger partial charge on any atom is 0.178 e. The maximum atomic E-state index is 6.33. The summed E-state index contributed by atoms with van der Waals surface area (Å²) in [7, 11) is 0. The van der Waals surface area contributed by atoms with Gasteiger partial charge in [0.05, 0.1) is 15.7 Å². The fourth-order valence-corrected chi connectivity index (χ4v) is 3.38. The minimum absolute atomic E-state index is 0.590. The predicted molar refractivity (Wildman–Crippen MR) is 96.4 cm³/mol. The minimum Gasteiger partial charge on any atom is -0.367 e. The van der Waals surface area contributed by atoms with Crippen molar-refractivity contribution in [2.45, 2.75) is 6.92 Å². The number of halogens is 2. The van der Waals surface area contributed by atoms with Gasteiger partial charge in [0.1, 0.15) is 5.82 Å². The van der Waals surface area contributed by atoms with E-state index in [2.05, 4.69) is 25.1 Å². The van der Waals surface area contributed by atoms with Crippen LogP contribution in [0.4, 0.5) is 11.5 Å². The van der Waals surface area contributed by atoms with Crippen molar-refractivity contribution in [1.82, 2.24) is 19.8 Å². The van der Waals surface area contributed by atoms with Crippen molar-refractivity contribution in [3.05, 3.63) is 46.2 Å². The molecule has 0 atom stereocenters. The normalized spacial score (nSPS) is 15.3. The van der Waals surface area contributed by atoms with Crippen molar-refractivity contribution in [3.63, 3.8) is 0 Å². The largest absolute Gasteiger partial charge is 0.367 e. The molecule has 0 N–H and O–H groups in total. The molecule has 1 aliphatic heterocycles. The average molecular weight is 363 g/mol. The summed E-state index contributed by atoms with van der Waals surface area (Å²) in [5.41, 5.74) is 1.75. The second-order valence-corrected chi connectivity index (χ2v) is 6.54. The number of aromatic nitrogens is 4. The van der Waals surface area contributed by atoms with Crippen molar-refractivity contribution in [2.75, 3.05) is 36.0 Å². The molecule has 6 nitrogen and oxygen atoms in total. The number of hydrogen-bond donors (Lipinski definition) is 0. The molecule has 2 aromatic heterocycles. The molecule has 3 heterocycles. The summed E-state index contributed by atoms with van der Waals surface area (Å²) in [6.45, 7) is 5.35. The number of fused-ring (bicyclic) bond motifs is 1. The van der Waals surface area contributed by atoms with E-state index in [1.54, 1.807) is 4.52 Å². The molecule has 0 aliphatic carbocycles. The Morgan fingerprint density at radius 2 is 1.67 bits per heavy atom. The van der Waals surface area contributed by atoms with E-state index in [9.17, 15) is 0 Å². The van der Waals surface area contributed by atoms with Crippen molar-refractivity contribution in [1.29, 1.82) is 0 Å². The van der Waals surface area contributed by atoms with E-state index in [-0.39, 0.29) is 0 Å². The van der Waals surface area contributed by atoms with Crippen molar-refractivity contribution < 1.29 is 0 Å². The predicted octanol–water partition coefficient (Wildman–Crippen LogP) is 3.07. The zero-order valence-electron chi connectivity index (χ0n) is 13.2. The molecule has 1 saturated heterocycles. The second-order valence-electron chi connectivity index (χ2n) is 5.76. The Morgan fingerprint density at radius 3 is 2.46 bits per heavy atom. The van der Waals surface area contributed by atoms with E-state index in [0.29, 0.717) is 10.0 Å². The Labute approximate surface area is 149 Å². The highest BCUT2D eigenvalue weighted by molar-refractivity contribution is 6.43. The van der Waals surface area contributed by atoms with Crippen LogP contribution >= 0.6 is 23.2 Å². The van der Waals surface area contributed by atoms with Gasteiger partial charge >= 0.3 is 0 Å². The van der Waals surface area contributed by atoms with Gasteiger partial charge in [-0.15, -0.1) is 15.3 Å². The van der Waals surface area contributed by atoms with Crippen LogP contribution in [0.5, 0.6) is 0 Å². The van der Waals surface area contributed by atoms with Gasteiger partial charge in [0.25, 0.3) is 0 Å². The molecule has 0 spiro atoms. The zero-order chi connectivity index (χ0) is 16.7. The summed E-state index contributed by atoms with van der Waals surface area (Å²) in [5.74, 6) is 1.72. The SMILES string of the molecule is Cc1nnc2ccc(N3CCN(c4cccc(Cl)c4Cl)CC3)nn12. The Balaban J connectivity index is 1.52. The fraction of sp³-hybridized carbons (Fsp3) is 0.312. The molecular formula is C16H16Cl2N6. The van der Waals surface area contributed by atoms with Gasteiger partial charge in [0.2, 0.25) is 0 Å². The third kappa shape index (κ3) is 2.65. The molecule has 1 aromatic carbocycles. The molecule has 0 bridgehead atoms. The number of nitrogens with zero attached hydrogens (tertiary/aromatic N) is 6. The van der Waals surface area contributed by atoms with Gasteiger partial charge in [-0.2, -0.15) is 4.52 Å². The summed E-state index contributed by atoms with van der Waals surface area (Å²) >= 11 is 12.5. The van der Waals surface area contributed by atoms with E-state index in [4.69, 9.17) is 23.2 Å². The molecule has 4 rings (SSSR count). The lowest BCUT2D eigenvalue weighted by atomic mass is 10.2. The van der Waals surface area contributed by atoms with Crippen LogP contribution in [0.1, 0.15) is 5.82 Å². The van der Waals surface area contributed by atoms with Gasteiger partial charge < -0.3 is 9.80 Å². The van der Waals surface area contributed by atoms with E-state index in [1.165, 1.54) is 0 Å². The summed E-state index contributed by atoms with van der Waals surface area (Å²) in [4.78, 5) is 4.51. The Morgan fingerprint density at radius 1 is 0.917 bits per heavy atom. The molecule has 1 fully saturated rings. The van der Waals surface area contributed by atoms with Gasteiger partial charge in [-0.05, 0) is 31.2 Å². The van der Waals surface area contributed by atoms with Crippen LogP contribution in [-0.4, -0.2) is 46.0 Å². The lowest BCUT2D eigenvalue weighted by molar-refractivity contribution is 0.640. The molecule has 0 radical (unpaired) electrons. The van der Waals surface area contributed by atoms with Crippen molar-refractivity contribution in [3.8, 4) is 0 Å². The van der Waals surface area contributed by atoms with Gasteiger partial charge in [0.15, 0.2) is 11.5 Å². The molecular weight excluding hydrogens is 347 g/mol. The highest BCUT2D eigenvalue weighted by Gasteiger charge is 2.21. The first-order valence-corrected chi connectivity index (χ1v) is 8.52. The van der Waals surface area contributed by atoms with Crippen LogP contribution in [0.15, 0.2) is 30.3 Å². The summed E-state index contributed by atoms with van der Waals surface area (Å²) in [5, 5.41) is 14.0.